The van der Waals surface area contributed by atoms with Crippen LogP contribution < -0.4 is 10.6 Å². The van der Waals surface area contributed by atoms with E-state index in [1.807, 2.05) is 13.8 Å². The van der Waals surface area contributed by atoms with Crippen LogP contribution >= 0.6 is 0 Å². The summed E-state index contributed by atoms with van der Waals surface area (Å²) in [6.45, 7) is 6.88. The lowest BCUT2D eigenvalue weighted by Gasteiger charge is -2.23. The van der Waals surface area contributed by atoms with Gasteiger partial charge in [0.15, 0.2) is 17.5 Å². The van der Waals surface area contributed by atoms with Crippen LogP contribution in [0.15, 0.2) is 12.1 Å². The van der Waals surface area contributed by atoms with Gasteiger partial charge in [-0.1, -0.05) is 13.8 Å². The average molecular weight is 316 g/mol. The molecular weight excluding hydrogens is 297 g/mol. The zero-order valence-corrected chi connectivity index (χ0v) is 12.9. The molecule has 0 saturated heterocycles. The SMILES string of the molecule is CC(C)CNC(=O)C(C)(C)C(=O)Nc1ccc(F)c(F)c1F. The van der Waals surface area contributed by atoms with Crippen LogP contribution in [0.5, 0.6) is 0 Å². The summed E-state index contributed by atoms with van der Waals surface area (Å²) in [6.07, 6.45) is 0. The van der Waals surface area contributed by atoms with Gasteiger partial charge in [0.1, 0.15) is 5.41 Å². The van der Waals surface area contributed by atoms with E-state index in [9.17, 15) is 22.8 Å². The Labute approximate surface area is 127 Å². The molecule has 2 N–H and O–H groups in total. The number of rotatable bonds is 5. The van der Waals surface area contributed by atoms with E-state index in [0.717, 1.165) is 6.07 Å². The van der Waals surface area contributed by atoms with E-state index in [4.69, 9.17) is 0 Å². The van der Waals surface area contributed by atoms with E-state index in [-0.39, 0.29) is 5.92 Å². The minimum Gasteiger partial charge on any atom is -0.355 e. The summed E-state index contributed by atoms with van der Waals surface area (Å²) in [4.78, 5) is 24.1. The minimum absolute atomic E-state index is 0.200. The van der Waals surface area contributed by atoms with E-state index >= 15 is 0 Å². The van der Waals surface area contributed by atoms with Crippen molar-refractivity contribution < 1.29 is 22.8 Å². The number of nitrogens with one attached hydrogen (secondary N) is 2. The topological polar surface area (TPSA) is 58.2 Å². The Morgan fingerprint density at radius 2 is 1.68 bits per heavy atom. The molecule has 0 bridgehead atoms. The predicted molar refractivity (Wildman–Crippen MR) is 76.6 cm³/mol. The van der Waals surface area contributed by atoms with Crippen molar-refractivity contribution in [2.45, 2.75) is 27.7 Å². The standard InChI is InChI=1S/C15H19F3N2O2/c1-8(2)7-19-13(21)15(3,4)14(22)20-10-6-5-9(16)11(17)12(10)18/h5-6,8H,7H2,1-4H3,(H,19,21)(H,20,22). The van der Waals surface area contributed by atoms with Gasteiger partial charge in [-0.25, -0.2) is 13.2 Å². The van der Waals surface area contributed by atoms with E-state index in [0.29, 0.717) is 12.6 Å². The quantitative estimate of drug-likeness (QED) is 0.648. The van der Waals surface area contributed by atoms with E-state index in [1.165, 1.54) is 13.8 Å². The molecule has 1 rings (SSSR count). The Balaban J connectivity index is 2.87. The highest BCUT2D eigenvalue weighted by Crippen LogP contribution is 2.23. The van der Waals surface area contributed by atoms with Gasteiger partial charge in [-0.15, -0.1) is 0 Å². The highest BCUT2D eigenvalue weighted by Gasteiger charge is 2.36. The summed E-state index contributed by atoms with van der Waals surface area (Å²) in [5, 5.41) is 4.70. The molecule has 0 aromatic heterocycles. The molecule has 7 heteroatoms. The molecule has 0 aliphatic carbocycles. The maximum absolute atomic E-state index is 13.5. The second kappa shape index (κ2) is 6.81. The monoisotopic (exact) mass is 316 g/mol. The first kappa shape index (κ1) is 18.0. The molecule has 1 aromatic carbocycles. The van der Waals surface area contributed by atoms with Gasteiger partial charge in [0.2, 0.25) is 11.8 Å². The van der Waals surface area contributed by atoms with Crippen molar-refractivity contribution in [3.05, 3.63) is 29.6 Å². The third-order valence-electron chi connectivity index (χ3n) is 3.09. The molecule has 122 valence electrons. The Morgan fingerprint density at radius 1 is 1.09 bits per heavy atom. The normalized spacial score (nSPS) is 11.5. The maximum atomic E-state index is 13.5. The number of amides is 2. The zero-order chi connectivity index (χ0) is 17.1. The molecule has 1 aromatic rings. The molecule has 0 aliphatic rings. The highest BCUT2D eigenvalue weighted by atomic mass is 19.2. The van der Waals surface area contributed by atoms with Crippen molar-refractivity contribution in [1.82, 2.24) is 5.32 Å². The fourth-order valence-corrected chi connectivity index (χ4v) is 1.52. The zero-order valence-electron chi connectivity index (χ0n) is 12.9. The van der Waals surface area contributed by atoms with Gasteiger partial charge in [0.05, 0.1) is 5.69 Å². The smallest absolute Gasteiger partial charge is 0.239 e. The molecule has 2 amide bonds. The van der Waals surface area contributed by atoms with Crippen LogP contribution in [0.1, 0.15) is 27.7 Å². The second-order valence-corrected chi connectivity index (χ2v) is 5.91. The number of benzene rings is 1. The number of hydrogen-bond acceptors (Lipinski definition) is 2. The Hall–Kier alpha value is -2.05. The molecule has 0 aliphatic heterocycles. The molecular formula is C15H19F3N2O2. The number of halogens is 3. The Kier molecular flexibility index (Phi) is 5.57. The summed E-state index contributed by atoms with van der Waals surface area (Å²) < 4.78 is 39.5. The molecule has 0 spiro atoms. The lowest BCUT2D eigenvalue weighted by Crippen LogP contribution is -2.46. The second-order valence-electron chi connectivity index (χ2n) is 5.91. The average Bonchev–Trinajstić information content (AvgIpc) is 2.44. The van der Waals surface area contributed by atoms with Crippen molar-refractivity contribution in [3.63, 3.8) is 0 Å². The van der Waals surface area contributed by atoms with Gasteiger partial charge >= 0.3 is 0 Å². The Bertz CT molecular complexity index is 586. The number of carbonyl (C=O) groups is 2. The fraction of sp³-hybridized carbons (Fsp3) is 0.467. The van der Waals surface area contributed by atoms with E-state index < -0.39 is 40.4 Å². The van der Waals surface area contributed by atoms with Crippen LogP contribution in [0.3, 0.4) is 0 Å². The van der Waals surface area contributed by atoms with Gasteiger partial charge < -0.3 is 10.6 Å². The lowest BCUT2D eigenvalue weighted by atomic mass is 9.90. The van der Waals surface area contributed by atoms with Crippen molar-refractivity contribution in [2.75, 3.05) is 11.9 Å². The molecule has 22 heavy (non-hydrogen) atoms. The van der Waals surface area contributed by atoms with E-state index in [2.05, 4.69) is 10.6 Å². The van der Waals surface area contributed by atoms with Crippen molar-refractivity contribution >= 4 is 17.5 Å². The van der Waals surface area contributed by atoms with Gasteiger partial charge in [-0.3, -0.25) is 9.59 Å². The van der Waals surface area contributed by atoms with Gasteiger partial charge in [0, 0.05) is 6.54 Å². The molecule has 4 nitrogen and oxygen atoms in total. The number of hydrogen-bond donors (Lipinski definition) is 2. The first-order valence-electron chi connectivity index (χ1n) is 6.80. The van der Waals surface area contributed by atoms with Crippen LogP contribution in [-0.2, 0) is 9.59 Å². The van der Waals surface area contributed by atoms with Crippen molar-refractivity contribution in [3.8, 4) is 0 Å². The number of carbonyl (C=O) groups excluding carboxylic acids is 2. The fourth-order valence-electron chi connectivity index (χ4n) is 1.52. The molecule has 0 atom stereocenters. The van der Waals surface area contributed by atoms with Crippen LogP contribution in [0, 0.1) is 28.8 Å². The molecule has 0 heterocycles. The summed E-state index contributed by atoms with van der Waals surface area (Å²) in [7, 11) is 0. The van der Waals surface area contributed by atoms with Crippen molar-refractivity contribution in [2.24, 2.45) is 11.3 Å². The van der Waals surface area contributed by atoms with E-state index in [1.54, 1.807) is 0 Å². The number of anilines is 1. The lowest BCUT2D eigenvalue weighted by molar-refractivity contribution is -0.138. The van der Waals surface area contributed by atoms with Crippen LogP contribution in [0.2, 0.25) is 0 Å². The summed E-state index contributed by atoms with van der Waals surface area (Å²) in [5.41, 5.74) is -2.01. The van der Waals surface area contributed by atoms with Crippen molar-refractivity contribution in [1.29, 1.82) is 0 Å². The van der Waals surface area contributed by atoms with Gasteiger partial charge in [0.25, 0.3) is 0 Å². The summed E-state index contributed by atoms with van der Waals surface area (Å²) >= 11 is 0. The largest absolute Gasteiger partial charge is 0.355 e. The molecule has 0 radical (unpaired) electrons. The Morgan fingerprint density at radius 3 is 2.23 bits per heavy atom. The van der Waals surface area contributed by atoms with Gasteiger partial charge in [-0.05, 0) is 31.9 Å². The minimum atomic E-state index is -1.68. The summed E-state index contributed by atoms with van der Waals surface area (Å²) in [5.74, 6) is -5.71. The maximum Gasteiger partial charge on any atom is 0.239 e. The molecule has 0 unspecified atom stereocenters. The molecule has 0 saturated carbocycles. The first-order chi connectivity index (χ1) is 10.1. The summed E-state index contributed by atoms with van der Waals surface area (Å²) in [6, 6.07) is 1.59. The van der Waals surface area contributed by atoms with Crippen LogP contribution in [-0.4, -0.2) is 18.4 Å². The highest BCUT2D eigenvalue weighted by molar-refractivity contribution is 6.09. The van der Waals surface area contributed by atoms with Crippen LogP contribution in [0.4, 0.5) is 18.9 Å². The third-order valence-corrected chi connectivity index (χ3v) is 3.09. The first-order valence-corrected chi connectivity index (χ1v) is 6.80. The third kappa shape index (κ3) is 3.99. The molecule has 0 fully saturated rings. The van der Waals surface area contributed by atoms with Gasteiger partial charge in [-0.2, -0.15) is 0 Å². The van der Waals surface area contributed by atoms with Crippen LogP contribution in [0.25, 0.3) is 0 Å². The predicted octanol–water partition coefficient (Wildman–Crippen LogP) is 2.84.